The molecule has 0 aliphatic carbocycles. The number of halogens is 3. The number of methoxy groups -OCH3 is 2. The maximum absolute atomic E-state index is 13.0. The van der Waals surface area contributed by atoms with E-state index in [1.807, 2.05) is 0 Å². The summed E-state index contributed by atoms with van der Waals surface area (Å²) in [6.07, 6.45) is -4.69. The lowest BCUT2D eigenvalue weighted by Gasteiger charge is -2.15. The molecule has 1 aromatic heterocycles. The number of hydrogen-bond donors (Lipinski definition) is 1. The lowest BCUT2D eigenvalue weighted by atomic mass is 10.1. The fourth-order valence-corrected chi connectivity index (χ4v) is 3.71. The van der Waals surface area contributed by atoms with Crippen molar-refractivity contribution in [3.63, 3.8) is 0 Å². The fraction of sp³-hybridized carbons (Fsp3) is 0.222. The first kappa shape index (κ1) is 21.4. The van der Waals surface area contributed by atoms with E-state index >= 15 is 0 Å². The van der Waals surface area contributed by atoms with E-state index in [9.17, 15) is 21.6 Å². The molecule has 160 valence electrons. The molecule has 8 nitrogen and oxygen atoms in total. The van der Waals surface area contributed by atoms with Gasteiger partial charge in [-0.3, -0.25) is 4.72 Å². The van der Waals surface area contributed by atoms with Gasteiger partial charge in [0.2, 0.25) is 0 Å². The summed E-state index contributed by atoms with van der Waals surface area (Å²) < 4.78 is 82.3. The molecule has 12 heteroatoms. The van der Waals surface area contributed by atoms with Gasteiger partial charge in [-0.05, 0) is 31.2 Å². The van der Waals surface area contributed by atoms with Gasteiger partial charge in [0.05, 0.1) is 35.9 Å². The molecule has 0 fully saturated rings. The topological polar surface area (TPSA) is 104 Å². The van der Waals surface area contributed by atoms with Crippen molar-refractivity contribution < 1.29 is 35.6 Å². The molecule has 0 saturated heterocycles. The van der Waals surface area contributed by atoms with Gasteiger partial charge in [-0.25, -0.2) is 8.42 Å². The summed E-state index contributed by atoms with van der Waals surface area (Å²) in [7, 11) is -1.67. The number of benzene rings is 2. The first-order valence-electron chi connectivity index (χ1n) is 8.32. The Morgan fingerprint density at radius 1 is 1.07 bits per heavy atom. The third-order valence-electron chi connectivity index (χ3n) is 4.00. The number of nitrogens with one attached hydrogen (secondary N) is 1. The van der Waals surface area contributed by atoms with Crippen LogP contribution >= 0.6 is 0 Å². The highest BCUT2D eigenvalue weighted by atomic mass is 32.2. The third kappa shape index (κ3) is 4.32. The van der Waals surface area contributed by atoms with Crippen LogP contribution in [-0.4, -0.2) is 32.8 Å². The normalized spacial score (nSPS) is 11.9. The van der Waals surface area contributed by atoms with Crippen molar-refractivity contribution in [3.8, 4) is 23.0 Å². The lowest BCUT2D eigenvalue weighted by molar-refractivity contribution is -0.137. The number of sulfonamides is 1. The van der Waals surface area contributed by atoms with Gasteiger partial charge in [-0.2, -0.15) is 18.2 Å². The van der Waals surface area contributed by atoms with Crippen molar-refractivity contribution in [1.29, 1.82) is 0 Å². The molecule has 0 aliphatic rings. The summed E-state index contributed by atoms with van der Waals surface area (Å²) in [5.74, 6) is 0.714. The van der Waals surface area contributed by atoms with Crippen LogP contribution in [0.15, 0.2) is 45.8 Å². The first-order chi connectivity index (χ1) is 14.0. The van der Waals surface area contributed by atoms with Gasteiger partial charge in [-0.1, -0.05) is 11.2 Å². The highest BCUT2D eigenvalue weighted by molar-refractivity contribution is 7.92. The molecule has 1 N–H and O–H groups in total. The SMILES string of the molecule is COc1cc(NS(=O)(=O)c2cccc(C(F)(F)F)c2)c(-c2nc(C)no2)cc1OC. The average Bonchev–Trinajstić information content (AvgIpc) is 3.13. The van der Waals surface area contributed by atoms with Crippen molar-refractivity contribution in [1.82, 2.24) is 10.1 Å². The summed E-state index contributed by atoms with van der Waals surface area (Å²) in [6, 6.07) is 6.10. The summed E-state index contributed by atoms with van der Waals surface area (Å²) in [5, 5.41) is 3.67. The predicted molar refractivity (Wildman–Crippen MR) is 99.8 cm³/mol. The summed E-state index contributed by atoms with van der Waals surface area (Å²) in [5.41, 5.74) is -0.983. The second-order valence-electron chi connectivity index (χ2n) is 6.03. The Morgan fingerprint density at radius 3 is 2.30 bits per heavy atom. The van der Waals surface area contributed by atoms with Crippen LogP contribution in [0.3, 0.4) is 0 Å². The zero-order valence-electron chi connectivity index (χ0n) is 15.9. The number of anilines is 1. The first-order valence-corrected chi connectivity index (χ1v) is 9.80. The molecule has 3 aromatic rings. The lowest BCUT2D eigenvalue weighted by Crippen LogP contribution is -2.15. The highest BCUT2D eigenvalue weighted by Crippen LogP contribution is 2.39. The summed E-state index contributed by atoms with van der Waals surface area (Å²) >= 11 is 0. The molecule has 0 radical (unpaired) electrons. The van der Waals surface area contributed by atoms with E-state index in [1.165, 1.54) is 26.4 Å². The van der Waals surface area contributed by atoms with E-state index in [1.54, 1.807) is 6.92 Å². The summed E-state index contributed by atoms with van der Waals surface area (Å²) in [6.45, 7) is 1.57. The van der Waals surface area contributed by atoms with Crippen molar-refractivity contribution >= 4 is 15.7 Å². The van der Waals surface area contributed by atoms with Crippen molar-refractivity contribution in [3.05, 3.63) is 47.8 Å². The Kier molecular flexibility index (Phi) is 5.61. The van der Waals surface area contributed by atoms with Gasteiger partial charge in [0, 0.05) is 6.07 Å². The minimum absolute atomic E-state index is 0.0183. The Hall–Kier alpha value is -3.28. The second-order valence-corrected chi connectivity index (χ2v) is 7.71. The van der Waals surface area contributed by atoms with E-state index in [-0.39, 0.29) is 28.6 Å². The molecule has 0 aliphatic heterocycles. The minimum atomic E-state index is -4.69. The van der Waals surface area contributed by atoms with E-state index < -0.39 is 26.7 Å². The minimum Gasteiger partial charge on any atom is -0.493 e. The van der Waals surface area contributed by atoms with Gasteiger partial charge in [0.25, 0.3) is 15.9 Å². The molecule has 2 aromatic carbocycles. The number of alkyl halides is 3. The molecule has 30 heavy (non-hydrogen) atoms. The maximum Gasteiger partial charge on any atom is 0.416 e. The van der Waals surface area contributed by atoms with E-state index in [0.29, 0.717) is 11.9 Å². The van der Waals surface area contributed by atoms with Crippen LogP contribution in [-0.2, 0) is 16.2 Å². The van der Waals surface area contributed by atoms with Crippen LogP contribution in [0.1, 0.15) is 11.4 Å². The van der Waals surface area contributed by atoms with Crippen molar-refractivity contribution in [2.45, 2.75) is 18.0 Å². The standard InChI is InChI=1S/C18H16F3N3O5S/c1-10-22-17(29-23-10)13-8-15(27-2)16(28-3)9-14(13)24-30(25,26)12-6-4-5-11(7-12)18(19,20)21/h4-9,24H,1-3H3. The van der Waals surface area contributed by atoms with E-state index in [4.69, 9.17) is 14.0 Å². The zero-order chi connectivity index (χ0) is 22.1. The van der Waals surface area contributed by atoms with Crippen LogP contribution < -0.4 is 14.2 Å². The predicted octanol–water partition coefficient (Wildman–Crippen LogP) is 3.88. The number of aryl methyl sites for hydroxylation is 1. The van der Waals surface area contributed by atoms with Crippen molar-refractivity contribution in [2.75, 3.05) is 18.9 Å². The number of hydrogen-bond acceptors (Lipinski definition) is 7. The average molecular weight is 443 g/mol. The Bertz CT molecular complexity index is 1180. The zero-order valence-corrected chi connectivity index (χ0v) is 16.8. The Labute approximate surface area is 169 Å². The van der Waals surface area contributed by atoms with Crippen LogP contribution in [0.4, 0.5) is 18.9 Å². The molecule has 0 atom stereocenters. The molecular formula is C18H16F3N3O5S. The largest absolute Gasteiger partial charge is 0.493 e. The third-order valence-corrected chi connectivity index (χ3v) is 5.36. The monoisotopic (exact) mass is 443 g/mol. The molecule has 0 saturated carbocycles. The molecule has 1 heterocycles. The van der Waals surface area contributed by atoms with E-state index in [2.05, 4.69) is 14.9 Å². The summed E-state index contributed by atoms with van der Waals surface area (Å²) in [4.78, 5) is 3.49. The van der Waals surface area contributed by atoms with Crippen LogP contribution in [0.5, 0.6) is 11.5 Å². The maximum atomic E-state index is 13.0. The molecular weight excluding hydrogens is 427 g/mol. The van der Waals surface area contributed by atoms with Gasteiger partial charge in [0.15, 0.2) is 17.3 Å². The molecule has 0 bridgehead atoms. The number of aromatic nitrogens is 2. The van der Waals surface area contributed by atoms with Crippen LogP contribution in [0, 0.1) is 6.92 Å². The van der Waals surface area contributed by atoms with Gasteiger partial charge in [0.1, 0.15) is 0 Å². The molecule has 0 unspecified atom stereocenters. The number of ether oxygens (including phenoxy) is 2. The van der Waals surface area contributed by atoms with Gasteiger partial charge in [-0.15, -0.1) is 0 Å². The molecule has 0 amide bonds. The number of rotatable bonds is 6. The molecule has 3 rings (SSSR count). The Morgan fingerprint density at radius 2 is 1.73 bits per heavy atom. The van der Waals surface area contributed by atoms with Crippen molar-refractivity contribution in [2.24, 2.45) is 0 Å². The fourth-order valence-electron chi connectivity index (χ4n) is 2.59. The van der Waals surface area contributed by atoms with Crippen LogP contribution in [0.25, 0.3) is 11.5 Å². The van der Waals surface area contributed by atoms with Gasteiger partial charge >= 0.3 is 6.18 Å². The molecule has 0 spiro atoms. The second kappa shape index (κ2) is 7.86. The van der Waals surface area contributed by atoms with E-state index in [0.717, 1.165) is 18.2 Å². The quantitative estimate of drug-likeness (QED) is 0.617. The number of nitrogens with zero attached hydrogens (tertiary/aromatic N) is 2. The van der Waals surface area contributed by atoms with Crippen LogP contribution in [0.2, 0.25) is 0 Å². The van der Waals surface area contributed by atoms with Gasteiger partial charge < -0.3 is 14.0 Å². The smallest absolute Gasteiger partial charge is 0.416 e. The highest BCUT2D eigenvalue weighted by Gasteiger charge is 2.32. The Balaban J connectivity index is 2.11.